The van der Waals surface area contributed by atoms with Gasteiger partial charge in [-0.3, -0.25) is 0 Å². The summed E-state index contributed by atoms with van der Waals surface area (Å²) in [6.45, 7) is 1.94. The van der Waals surface area contributed by atoms with Gasteiger partial charge in [0.15, 0.2) is 0 Å². The van der Waals surface area contributed by atoms with Crippen LogP contribution in [0.4, 0.5) is 0 Å². The summed E-state index contributed by atoms with van der Waals surface area (Å²) >= 11 is 0. The van der Waals surface area contributed by atoms with Gasteiger partial charge in [-0.05, 0) is 23.3 Å². The van der Waals surface area contributed by atoms with Crippen LogP contribution < -0.4 is 0 Å². The van der Waals surface area contributed by atoms with Crippen LogP contribution in [0.5, 0.6) is 0 Å². The third-order valence-electron chi connectivity index (χ3n) is 3.40. The van der Waals surface area contributed by atoms with E-state index in [1.807, 2.05) is 31.2 Å². The first kappa shape index (κ1) is 12.1. The lowest BCUT2D eigenvalue weighted by molar-refractivity contribution is 0.465. The van der Waals surface area contributed by atoms with Crippen LogP contribution in [0.1, 0.15) is 5.56 Å². The zero-order chi connectivity index (χ0) is 13.6. The van der Waals surface area contributed by atoms with E-state index in [0.29, 0.717) is 10.8 Å². The Kier molecular flexibility index (Phi) is 2.59. The van der Waals surface area contributed by atoms with Crippen molar-refractivity contribution in [3.8, 4) is 0 Å². The largest absolute Gasteiger partial charge is 0.744 e. The van der Waals surface area contributed by atoms with Crippen molar-refractivity contribution in [3.05, 3.63) is 54.1 Å². The summed E-state index contributed by atoms with van der Waals surface area (Å²) in [6, 6.07) is 14.2. The van der Waals surface area contributed by atoms with E-state index >= 15 is 0 Å². The summed E-state index contributed by atoms with van der Waals surface area (Å²) in [4.78, 5) is -0.121. The van der Waals surface area contributed by atoms with Gasteiger partial charge in [0.2, 0.25) is 0 Å². The Labute approximate surface area is 111 Å². The molecule has 0 bridgehead atoms. The van der Waals surface area contributed by atoms with Gasteiger partial charge in [-0.15, -0.1) is 0 Å². The smallest absolute Gasteiger partial charge is 0.125 e. The van der Waals surface area contributed by atoms with Crippen LogP contribution in [0, 0.1) is 6.92 Å². The van der Waals surface area contributed by atoms with Crippen LogP contribution in [-0.2, 0) is 10.1 Å². The summed E-state index contributed by atoms with van der Waals surface area (Å²) in [7, 11) is -4.52. The van der Waals surface area contributed by atoms with Crippen LogP contribution >= 0.6 is 0 Å². The van der Waals surface area contributed by atoms with Crippen molar-refractivity contribution >= 4 is 31.7 Å². The third-order valence-corrected chi connectivity index (χ3v) is 4.34. The van der Waals surface area contributed by atoms with Gasteiger partial charge >= 0.3 is 0 Å². The average molecular weight is 271 g/mol. The summed E-state index contributed by atoms with van der Waals surface area (Å²) in [6.07, 6.45) is 0. The Hall–Kier alpha value is -1.91. The van der Waals surface area contributed by atoms with Crippen molar-refractivity contribution in [2.24, 2.45) is 0 Å². The quantitative estimate of drug-likeness (QED) is 0.504. The van der Waals surface area contributed by atoms with E-state index in [9.17, 15) is 13.0 Å². The highest BCUT2D eigenvalue weighted by molar-refractivity contribution is 7.86. The maximum atomic E-state index is 11.6. The Morgan fingerprint density at radius 2 is 1.16 bits per heavy atom. The fourth-order valence-electron chi connectivity index (χ4n) is 2.58. The van der Waals surface area contributed by atoms with Crippen molar-refractivity contribution in [1.29, 1.82) is 0 Å². The number of fused-ring (bicyclic) bond motifs is 2. The summed E-state index contributed by atoms with van der Waals surface area (Å²) in [5.74, 6) is 0. The van der Waals surface area contributed by atoms with Crippen molar-refractivity contribution in [2.45, 2.75) is 11.8 Å². The lowest BCUT2D eigenvalue weighted by Gasteiger charge is -2.16. The molecule has 0 unspecified atom stereocenters. The number of hydrogen-bond donors (Lipinski definition) is 0. The second-order valence-electron chi connectivity index (χ2n) is 4.50. The molecule has 0 heterocycles. The van der Waals surface area contributed by atoms with E-state index in [1.54, 1.807) is 24.3 Å². The molecule has 0 spiro atoms. The Morgan fingerprint density at radius 1 is 0.789 bits per heavy atom. The minimum absolute atomic E-state index is 0.121. The maximum Gasteiger partial charge on any atom is 0.125 e. The highest BCUT2D eigenvalue weighted by Gasteiger charge is 2.14. The van der Waals surface area contributed by atoms with Crippen LogP contribution in [0.3, 0.4) is 0 Å². The van der Waals surface area contributed by atoms with Gasteiger partial charge in [0, 0.05) is 10.8 Å². The molecule has 3 nitrogen and oxygen atoms in total. The first-order valence-corrected chi connectivity index (χ1v) is 7.27. The molecule has 0 saturated heterocycles. The summed E-state index contributed by atoms with van der Waals surface area (Å²) in [5, 5.41) is 2.59. The van der Waals surface area contributed by atoms with E-state index in [2.05, 4.69) is 0 Å². The molecule has 19 heavy (non-hydrogen) atoms. The van der Waals surface area contributed by atoms with E-state index < -0.39 is 10.1 Å². The molecular formula is C15H11O3S-. The SMILES string of the molecule is Cc1c2ccccc2c(S(=O)(=O)[O-])c2ccccc12. The molecule has 3 rings (SSSR count). The molecule has 3 aromatic carbocycles. The Morgan fingerprint density at radius 3 is 1.53 bits per heavy atom. The lowest BCUT2D eigenvalue weighted by atomic mass is 9.98. The molecule has 0 N–H and O–H groups in total. The standard InChI is InChI=1S/C15H12O3S/c1-10-11-6-2-4-8-13(11)15(19(16,17)18)14-9-5-3-7-12(10)14/h2-9H,1H3,(H,16,17,18)/p-1. The fraction of sp³-hybridized carbons (Fsp3) is 0.0667. The monoisotopic (exact) mass is 271 g/mol. The van der Waals surface area contributed by atoms with E-state index in [0.717, 1.165) is 16.3 Å². The van der Waals surface area contributed by atoms with Gasteiger partial charge < -0.3 is 4.55 Å². The van der Waals surface area contributed by atoms with E-state index in [-0.39, 0.29) is 4.90 Å². The fourth-order valence-corrected chi connectivity index (χ4v) is 3.47. The van der Waals surface area contributed by atoms with E-state index in [4.69, 9.17) is 0 Å². The normalized spacial score (nSPS) is 12.1. The van der Waals surface area contributed by atoms with Gasteiger partial charge in [-0.25, -0.2) is 8.42 Å². The average Bonchev–Trinajstić information content (AvgIpc) is 2.38. The molecular weight excluding hydrogens is 260 g/mol. The van der Waals surface area contributed by atoms with Crippen LogP contribution in [0.25, 0.3) is 21.5 Å². The second-order valence-corrected chi connectivity index (χ2v) is 5.82. The minimum Gasteiger partial charge on any atom is -0.744 e. The molecule has 0 aliphatic carbocycles. The number of benzene rings is 3. The van der Waals surface area contributed by atoms with E-state index in [1.165, 1.54) is 0 Å². The molecule has 96 valence electrons. The van der Waals surface area contributed by atoms with Crippen LogP contribution in [0.2, 0.25) is 0 Å². The Balaban J connectivity index is 2.73. The maximum absolute atomic E-state index is 11.6. The molecule has 0 aliphatic rings. The van der Waals surface area contributed by atoms with Crippen molar-refractivity contribution in [1.82, 2.24) is 0 Å². The van der Waals surface area contributed by atoms with Gasteiger partial charge in [0.25, 0.3) is 0 Å². The van der Waals surface area contributed by atoms with Gasteiger partial charge in [-0.2, -0.15) is 0 Å². The third kappa shape index (κ3) is 1.80. The molecule has 0 amide bonds. The molecule has 0 fully saturated rings. The first-order chi connectivity index (χ1) is 9.00. The zero-order valence-corrected chi connectivity index (χ0v) is 11.1. The van der Waals surface area contributed by atoms with Crippen molar-refractivity contribution < 1.29 is 13.0 Å². The molecule has 0 radical (unpaired) electrons. The Bertz CT molecular complexity index is 839. The predicted molar refractivity (Wildman–Crippen MR) is 74.2 cm³/mol. The number of aryl methyl sites for hydroxylation is 1. The second kappa shape index (κ2) is 4.05. The van der Waals surface area contributed by atoms with Gasteiger partial charge in [-0.1, -0.05) is 48.5 Å². The summed E-state index contributed by atoms with van der Waals surface area (Å²) in [5.41, 5.74) is 0.985. The summed E-state index contributed by atoms with van der Waals surface area (Å²) < 4.78 is 34.8. The minimum atomic E-state index is -4.52. The van der Waals surface area contributed by atoms with Crippen molar-refractivity contribution in [3.63, 3.8) is 0 Å². The molecule has 0 aliphatic heterocycles. The van der Waals surface area contributed by atoms with Gasteiger partial charge in [0.05, 0.1) is 4.90 Å². The zero-order valence-electron chi connectivity index (χ0n) is 10.3. The molecule has 4 heteroatoms. The highest BCUT2D eigenvalue weighted by atomic mass is 32.2. The first-order valence-electron chi connectivity index (χ1n) is 5.86. The molecule has 3 aromatic rings. The number of rotatable bonds is 1. The molecule has 0 atom stereocenters. The van der Waals surface area contributed by atoms with Crippen molar-refractivity contribution in [2.75, 3.05) is 0 Å². The topological polar surface area (TPSA) is 57.2 Å². The van der Waals surface area contributed by atoms with Crippen LogP contribution in [-0.4, -0.2) is 13.0 Å². The molecule has 0 saturated carbocycles. The van der Waals surface area contributed by atoms with Gasteiger partial charge in [0.1, 0.15) is 10.1 Å². The molecule has 0 aromatic heterocycles. The predicted octanol–water partition coefficient (Wildman–Crippen LogP) is 3.21. The highest BCUT2D eigenvalue weighted by Crippen LogP contribution is 2.34. The lowest BCUT2D eigenvalue weighted by Crippen LogP contribution is -2.02. The number of hydrogen-bond acceptors (Lipinski definition) is 3. The van der Waals surface area contributed by atoms with Crippen LogP contribution in [0.15, 0.2) is 53.4 Å².